The zero-order valence-corrected chi connectivity index (χ0v) is 14.9. The Morgan fingerprint density at radius 3 is 2.92 bits per heavy atom. The molecule has 26 heavy (non-hydrogen) atoms. The van der Waals surface area contributed by atoms with Crippen LogP contribution in [0.3, 0.4) is 0 Å². The number of aryl methyl sites for hydroxylation is 1. The van der Waals surface area contributed by atoms with Gasteiger partial charge in [-0.1, -0.05) is 6.07 Å². The molecule has 0 aliphatic carbocycles. The van der Waals surface area contributed by atoms with Gasteiger partial charge in [0.2, 0.25) is 0 Å². The van der Waals surface area contributed by atoms with Crippen LogP contribution in [0, 0.1) is 12.8 Å². The Bertz CT molecular complexity index is 752. The van der Waals surface area contributed by atoms with Crippen LogP contribution in [-0.2, 0) is 11.3 Å². The van der Waals surface area contributed by atoms with Crippen molar-refractivity contribution >= 4 is 5.91 Å². The molecule has 136 valence electrons. The molecule has 0 radical (unpaired) electrons. The van der Waals surface area contributed by atoms with Crippen LogP contribution in [0.2, 0.25) is 0 Å². The Balaban J connectivity index is 1.41. The average Bonchev–Trinajstić information content (AvgIpc) is 2.96. The van der Waals surface area contributed by atoms with Crippen LogP contribution in [0.5, 0.6) is 0 Å². The molecule has 4 rings (SSSR count). The number of aromatic nitrogens is 3. The topological polar surface area (TPSA) is 71.5 Å². The number of likely N-dealkylation sites (tertiary alicyclic amines) is 1. The van der Waals surface area contributed by atoms with E-state index in [2.05, 4.69) is 25.9 Å². The first kappa shape index (κ1) is 17.1. The van der Waals surface area contributed by atoms with Gasteiger partial charge in [-0.3, -0.25) is 19.7 Å². The minimum absolute atomic E-state index is 0.0621. The van der Waals surface area contributed by atoms with Gasteiger partial charge in [-0.25, -0.2) is 4.98 Å². The first-order valence-corrected chi connectivity index (χ1v) is 9.00. The smallest absolute Gasteiger partial charge is 0.274 e. The van der Waals surface area contributed by atoms with E-state index in [9.17, 15) is 4.79 Å². The summed E-state index contributed by atoms with van der Waals surface area (Å²) in [5, 5.41) is 0. The van der Waals surface area contributed by atoms with Crippen LogP contribution < -0.4 is 0 Å². The van der Waals surface area contributed by atoms with Gasteiger partial charge in [-0.2, -0.15) is 0 Å². The van der Waals surface area contributed by atoms with E-state index in [1.807, 2.05) is 24.1 Å². The molecule has 7 heteroatoms. The lowest BCUT2D eigenvalue weighted by Crippen LogP contribution is -2.34. The van der Waals surface area contributed by atoms with Gasteiger partial charge in [0.15, 0.2) is 0 Å². The maximum atomic E-state index is 12.7. The fourth-order valence-electron chi connectivity index (χ4n) is 3.69. The molecular formula is C19H23N5O2. The monoisotopic (exact) mass is 353 g/mol. The van der Waals surface area contributed by atoms with Crippen LogP contribution in [0.25, 0.3) is 0 Å². The van der Waals surface area contributed by atoms with E-state index in [1.54, 1.807) is 18.6 Å². The van der Waals surface area contributed by atoms with Gasteiger partial charge in [0.1, 0.15) is 5.69 Å². The van der Waals surface area contributed by atoms with Crippen LogP contribution >= 0.6 is 0 Å². The predicted molar refractivity (Wildman–Crippen MR) is 95.4 cm³/mol. The van der Waals surface area contributed by atoms with Gasteiger partial charge in [0, 0.05) is 57.2 Å². The zero-order valence-electron chi connectivity index (χ0n) is 14.9. The van der Waals surface area contributed by atoms with Gasteiger partial charge in [0.05, 0.1) is 24.6 Å². The molecule has 2 aliphatic heterocycles. The highest BCUT2D eigenvalue weighted by molar-refractivity contribution is 5.92. The number of ether oxygens (including phenoxy) is 1. The minimum Gasteiger partial charge on any atom is -0.375 e. The summed E-state index contributed by atoms with van der Waals surface area (Å²) < 4.78 is 6.04. The molecule has 0 spiro atoms. The molecule has 2 saturated heterocycles. The number of pyridine rings is 1. The largest absolute Gasteiger partial charge is 0.375 e. The third kappa shape index (κ3) is 3.73. The number of fused-ring (bicyclic) bond motifs is 1. The highest BCUT2D eigenvalue weighted by atomic mass is 16.5. The van der Waals surface area contributed by atoms with Crippen molar-refractivity contribution in [1.82, 2.24) is 24.8 Å². The normalized spacial score (nSPS) is 23.5. The summed E-state index contributed by atoms with van der Waals surface area (Å²) in [7, 11) is 0. The zero-order chi connectivity index (χ0) is 17.9. The SMILES string of the molecule is Cc1cnc(C(=O)N2C[C@@H]3CN(Cc4cccnc4)CCO[C@@H]3C2)cn1. The molecule has 0 unspecified atom stereocenters. The lowest BCUT2D eigenvalue weighted by atomic mass is 10.1. The van der Waals surface area contributed by atoms with Gasteiger partial charge in [-0.15, -0.1) is 0 Å². The molecule has 0 N–H and O–H groups in total. The van der Waals surface area contributed by atoms with Crippen molar-refractivity contribution in [2.75, 3.05) is 32.8 Å². The summed E-state index contributed by atoms with van der Waals surface area (Å²) in [6.07, 6.45) is 6.98. The first-order valence-electron chi connectivity index (χ1n) is 9.00. The molecule has 2 aromatic heterocycles. The maximum Gasteiger partial charge on any atom is 0.274 e. The maximum absolute atomic E-state index is 12.7. The molecule has 2 aromatic rings. The Kier molecular flexibility index (Phi) is 4.90. The summed E-state index contributed by atoms with van der Waals surface area (Å²) in [5.41, 5.74) is 2.41. The lowest BCUT2D eigenvalue weighted by Gasteiger charge is -2.23. The van der Waals surface area contributed by atoms with Crippen molar-refractivity contribution in [3.63, 3.8) is 0 Å². The van der Waals surface area contributed by atoms with Gasteiger partial charge >= 0.3 is 0 Å². The number of carbonyl (C=O) groups excluding carboxylic acids is 1. The van der Waals surface area contributed by atoms with E-state index in [0.717, 1.165) is 25.3 Å². The molecule has 7 nitrogen and oxygen atoms in total. The fraction of sp³-hybridized carbons (Fsp3) is 0.474. The Labute approximate surface area is 153 Å². The van der Waals surface area contributed by atoms with Crippen LogP contribution in [0.4, 0.5) is 0 Å². The van der Waals surface area contributed by atoms with Crippen LogP contribution in [0.15, 0.2) is 36.9 Å². The van der Waals surface area contributed by atoms with Crippen molar-refractivity contribution in [2.24, 2.45) is 5.92 Å². The van der Waals surface area contributed by atoms with Gasteiger partial charge in [0.25, 0.3) is 5.91 Å². The predicted octanol–water partition coefficient (Wildman–Crippen LogP) is 1.15. The van der Waals surface area contributed by atoms with E-state index in [4.69, 9.17) is 4.74 Å². The third-order valence-corrected chi connectivity index (χ3v) is 5.03. The summed E-state index contributed by atoms with van der Waals surface area (Å²) in [6.45, 7) is 6.55. The summed E-state index contributed by atoms with van der Waals surface area (Å²) in [6, 6.07) is 4.06. The number of hydrogen-bond acceptors (Lipinski definition) is 6. The number of carbonyl (C=O) groups is 1. The molecule has 2 aliphatic rings. The Hall–Kier alpha value is -2.38. The van der Waals surface area contributed by atoms with Crippen LogP contribution in [-0.4, -0.2) is 69.5 Å². The number of hydrogen-bond donors (Lipinski definition) is 0. The molecule has 2 atom stereocenters. The molecular weight excluding hydrogens is 330 g/mol. The van der Waals surface area contributed by atoms with E-state index in [1.165, 1.54) is 5.56 Å². The lowest BCUT2D eigenvalue weighted by molar-refractivity contribution is 0.0482. The number of rotatable bonds is 3. The average molecular weight is 353 g/mol. The summed E-state index contributed by atoms with van der Waals surface area (Å²) in [4.78, 5) is 29.5. The molecule has 2 fully saturated rings. The third-order valence-electron chi connectivity index (χ3n) is 5.03. The van der Waals surface area contributed by atoms with Gasteiger partial charge < -0.3 is 9.64 Å². The van der Waals surface area contributed by atoms with Crippen molar-refractivity contribution in [3.8, 4) is 0 Å². The molecule has 0 aromatic carbocycles. The summed E-state index contributed by atoms with van der Waals surface area (Å²) >= 11 is 0. The van der Waals surface area contributed by atoms with Crippen molar-refractivity contribution < 1.29 is 9.53 Å². The molecule has 1 amide bonds. The van der Waals surface area contributed by atoms with E-state index in [-0.39, 0.29) is 12.0 Å². The minimum atomic E-state index is -0.0621. The number of amides is 1. The Morgan fingerprint density at radius 1 is 1.23 bits per heavy atom. The van der Waals surface area contributed by atoms with E-state index >= 15 is 0 Å². The first-order chi connectivity index (χ1) is 12.7. The highest BCUT2D eigenvalue weighted by Gasteiger charge is 2.39. The van der Waals surface area contributed by atoms with Crippen molar-refractivity contribution in [2.45, 2.75) is 19.6 Å². The number of nitrogens with zero attached hydrogens (tertiary/aromatic N) is 5. The highest BCUT2D eigenvalue weighted by Crippen LogP contribution is 2.25. The summed E-state index contributed by atoms with van der Waals surface area (Å²) in [5.74, 6) is 0.254. The standard InChI is InChI=1S/C19H23N5O2/c1-14-7-22-17(9-21-14)19(25)24-12-16-11-23(5-6-26-18(16)13-24)10-15-3-2-4-20-8-15/h2-4,7-9,16,18H,5-6,10-13H2,1H3/t16-,18+/m0/s1. The second-order valence-electron chi connectivity index (χ2n) is 7.02. The van der Waals surface area contributed by atoms with E-state index in [0.29, 0.717) is 31.3 Å². The molecule has 4 heterocycles. The second-order valence-corrected chi connectivity index (χ2v) is 7.02. The molecule has 0 bridgehead atoms. The van der Waals surface area contributed by atoms with E-state index < -0.39 is 0 Å². The second kappa shape index (κ2) is 7.47. The quantitative estimate of drug-likeness (QED) is 0.824. The van der Waals surface area contributed by atoms with Crippen molar-refractivity contribution in [3.05, 3.63) is 53.9 Å². The van der Waals surface area contributed by atoms with Gasteiger partial charge in [-0.05, 0) is 18.6 Å². The van der Waals surface area contributed by atoms with Crippen LogP contribution in [0.1, 0.15) is 21.7 Å². The fourth-order valence-corrected chi connectivity index (χ4v) is 3.69. The van der Waals surface area contributed by atoms with Crippen molar-refractivity contribution in [1.29, 1.82) is 0 Å². The Morgan fingerprint density at radius 2 is 2.15 bits per heavy atom. The molecule has 0 saturated carbocycles.